The Morgan fingerprint density at radius 1 is 1.00 bits per heavy atom. The Hall–Kier alpha value is -1.22. The number of halogens is 3. The normalized spacial score (nSPS) is 10.4. The molecule has 0 unspecified atom stereocenters. The highest BCUT2D eigenvalue weighted by atomic mass is 79.9. The third kappa shape index (κ3) is 2.14. The van der Waals surface area contributed by atoms with Gasteiger partial charge in [0.2, 0.25) is 0 Å². The van der Waals surface area contributed by atoms with E-state index >= 15 is 0 Å². The molecule has 0 saturated carbocycles. The van der Waals surface area contributed by atoms with E-state index in [0.29, 0.717) is 5.56 Å². The van der Waals surface area contributed by atoms with E-state index in [4.69, 9.17) is 0 Å². The van der Waals surface area contributed by atoms with E-state index in [0.717, 1.165) is 15.6 Å². The highest BCUT2D eigenvalue weighted by Gasteiger charge is 2.08. The molecule has 0 fully saturated rings. The summed E-state index contributed by atoms with van der Waals surface area (Å²) in [6.07, 6.45) is 0. The van der Waals surface area contributed by atoms with Gasteiger partial charge in [0.1, 0.15) is 12.5 Å². The van der Waals surface area contributed by atoms with Gasteiger partial charge < -0.3 is 0 Å². The van der Waals surface area contributed by atoms with Crippen LogP contribution in [0.1, 0.15) is 5.56 Å². The van der Waals surface area contributed by atoms with Crippen molar-refractivity contribution in [1.29, 1.82) is 0 Å². The van der Waals surface area contributed by atoms with Crippen LogP contribution in [0.15, 0.2) is 46.9 Å². The summed E-state index contributed by atoms with van der Waals surface area (Å²) < 4.78 is 26.4. The van der Waals surface area contributed by atoms with E-state index in [1.807, 2.05) is 12.1 Å². The van der Waals surface area contributed by atoms with E-state index in [9.17, 15) is 8.78 Å². The van der Waals surface area contributed by atoms with Gasteiger partial charge in [0.25, 0.3) is 0 Å². The summed E-state index contributed by atoms with van der Waals surface area (Å²) in [6.45, 7) is -0.547. The molecule has 2 rings (SSSR count). The van der Waals surface area contributed by atoms with Crippen LogP contribution in [0.3, 0.4) is 0 Å². The summed E-state index contributed by atoms with van der Waals surface area (Å²) in [5.41, 5.74) is 2.20. The Morgan fingerprint density at radius 2 is 1.69 bits per heavy atom. The summed E-state index contributed by atoms with van der Waals surface area (Å²) in [5.74, 6) is -0.291. The van der Waals surface area contributed by atoms with Crippen molar-refractivity contribution in [2.24, 2.45) is 0 Å². The summed E-state index contributed by atoms with van der Waals surface area (Å²) in [7, 11) is 0. The molecule has 0 heterocycles. The second-order valence-corrected chi connectivity index (χ2v) is 4.26. The van der Waals surface area contributed by atoms with Crippen molar-refractivity contribution in [2.45, 2.75) is 6.67 Å². The van der Waals surface area contributed by atoms with Crippen LogP contribution >= 0.6 is 15.9 Å². The Balaban J connectivity index is 2.55. The van der Waals surface area contributed by atoms with Gasteiger partial charge in [-0.05, 0) is 29.3 Å². The molecule has 0 aromatic heterocycles. The summed E-state index contributed by atoms with van der Waals surface area (Å²) in [4.78, 5) is 0. The Labute approximate surface area is 101 Å². The molecule has 0 aliphatic heterocycles. The first kappa shape index (κ1) is 11.3. The fourth-order valence-corrected chi connectivity index (χ4v) is 2.07. The van der Waals surface area contributed by atoms with Crippen LogP contribution in [-0.4, -0.2) is 0 Å². The van der Waals surface area contributed by atoms with Crippen LogP contribution in [0.25, 0.3) is 11.1 Å². The van der Waals surface area contributed by atoms with Gasteiger partial charge in [-0.1, -0.05) is 40.2 Å². The van der Waals surface area contributed by atoms with Gasteiger partial charge in [0.05, 0.1) is 0 Å². The lowest BCUT2D eigenvalue weighted by Crippen LogP contribution is -1.88. The zero-order chi connectivity index (χ0) is 11.5. The topological polar surface area (TPSA) is 0 Å². The first-order valence-corrected chi connectivity index (χ1v) is 5.61. The number of hydrogen-bond acceptors (Lipinski definition) is 0. The van der Waals surface area contributed by atoms with E-state index in [1.165, 1.54) is 12.1 Å². The third-order valence-electron chi connectivity index (χ3n) is 2.41. The summed E-state index contributed by atoms with van der Waals surface area (Å²) in [6, 6.07) is 11.5. The largest absolute Gasteiger partial charge is 0.246 e. The quantitative estimate of drug-likeness (QED) is 0.747. The van der Waals surface area contributed by atoms with Crippen molar-refractivity contribution in [3.8, 4) is 11.1 Å². The molecule has 0 aliphatic carbocycles. The minimum Gasteiger partial charge on any atom is -0.246 e. The smallest absolute Gasteiger partial charge is 0.123 e. The molecule has 0 bridgehead atoms. The Kier molecular flexibility index (Phi) is 3.34. The number of rotatable bonds is 2. The standard InChI is InChI=1S/C13H9BrF2/c14-13-3-1-2-11(12(13)8-15)9-4-6-10(16)7-5-9/h1-7H,8H2. The Bertz CT molecular complexity index is 492. The number of hydrogen-bond donors (Lipinski definition) is 0. The zero-order valence-corrected chi connectivity index (χ0v) is 9.97. The average Bonchev–Trinajstić information content (AvgIpc) is 2.30. The summed E-state index contributed by atoms with van der Waals surface area (Å²) in [5, 5.41) is 0. The van der Waals surface area contributed by atoms with Crippen molar-refractivity contribution < 1.29 is 8.78 Å². The first-order chi connectivity index (χ1) is 7.72. The average molecular weight is 283 g/mol. The maximum atomic E-state index is 12.9. The molecule has 2 aromatic rings. The summed E-state index contributed by atoms with van der Waals surface area (Å²) >= 11 is 3.30. The second kappa shape index (κ2) is 4.74. The molecule has 82 valence electrons. The van der Waals surface area contributed by atoms with E-state index < -0.39 is 6.67 Å². The van der Waals surface area contributed by atoms with E-state index in [-0.39, 0.29) is 5.82 Å². The molecule has 0 N–H and O–H groups in total. The molecule has 0 atom stereocenters. The highest BCUT2D eigenvalue weighted by Crippen LogP contribution is 2.30. The molecule has 16 heavy (non-hydrogen) atoms. The zero-order valence-electron chi connectivity index (χ0n) is 8.38. The third-order valence-corrected chi connectivity index (χ3v) is 3.15. The monoisotopic (exact) mass is 282 g/mol. The number of benzene rings is 2. The van der Waals surface area contributed by atoms with Crippen LogP contribution in [-0.2, 0) is 6.67 Å². The predicted octanol–water partition coefficient (Wildman–Crippen LogP) is 4.72. The number of alkyl halides is 1. The predicted molar refractivity (Wildman–Crippen MR) is 64.3 cm³/mol. The molecule has 0 radical (unpaired) electrons. The van der Waals surface area contributed by atoms with Gasteiger partial charge in [-0.3, -0.25) is 0 Å². The lowest BCUT2D eigenvalue weighted by molar-refractivity contribution is 0.485. The SMILES string of the molecule is FCc1c(Br)cccc1-c1ccc(F)cc1. The molecule has 0 aliphatic rings. The second-order valence-electron chi connectivity index (χ2n) is 3.41. The lowest BCUT2D eigenvalue weighted by atomic mass is 10.0. The van der Waals surface area contributed by atoms with Gasteiger partial charge in [0.15, 0.2) is 0 Å². The van der Waals surface area contributed by atoms with Crippen molar-refractivity contribution in [3.05, 3.63) is 58.3 Å². The molecular weight excluding hydrogens is 274 g/mol. The van der Waals surface area contributed by atoms with Gasteiger partial charge >= 0.3 is 0 Å². The van der Waals surface area contributed by atoms with Gasteiger partial charge in [-0.2, -0.15) is 0 Å². The maximum absolute atomic E-state index is 12.9. The molecule has 2 aromatic carbocycles. The maximum Gasteiger partial charge on any atom is 0.123 e. The minimum absolute atomic E-state index is 0.291. The molecule has 0 amide bonds. The van der Waals surface area contributed by atoms with Crippen molar-refractivity contribution >= 4 is 15.9 Å². The molecule has 0 spiro atoms. The van der Waals surface area contributed by atoms with E-state index in [2.05, 4.69) is 15.9 Å². The van der Waals surface area contributed by atoms with Crippen LogP contribution in [0.5, 0.6) is 0 Å². The van der Waals surface area contributed by atoms with Gasteiger partial charge in [0, 0.05) is 10.0 Å². The Morgan fingerprint density at radius 3 is 2.31 bits per heavy atom. The lowest BCUT2D eigenvalue weighted by Gasteiger charge is -2.08. The fraction of sp³-hybridized carbons (Fsp3) is 0.0769. The fourth-order valence-electron chi connectivity index (χ4n) is 1.59. The minimum atomic E-state index is -0.547. The van der Waals surface area contributed by atoms with Gasteiger partial charge in [-0.25, -0.2) is 8.78 Å². The molecular formula is C13H9BrF2. The molecule has 0 nitrogen and oxygen atoms in total. The van der Waals surface area contributed by atoms with Crippen LogP contribution < -0.4 is 0 Å². The van der Waals surface area contributed by atoms with Crippen LogP contribution in [0.2, 0.25) is 0 Å². The van der Waals surface area contributed by atoms with E-state index in [1.54, 1.807) is 18.2 Å². The van der Waals surface area contributed by atoms with Gasteiger partial charge in [-0.15, -0.1) is 0 Å². The van der Waals surface area contributed by atoms with Crippen molar-refractivity contribution in [1.82, 2.24) is 0 Å². The van der Waals surface area contributed by atoms with Crippen molar-refractivity contribution in [3.63, 3.8) is 0 Å². The molecule has 3 heteroatoms. The first-order valence-electron chi connectivity index (χ1n) is 4.81. The highest BCUT2D eigenvalue weighted by molar-refractivity contribution is 9.10. The van der Waals surface area contributed by atoms with Crippen molar-refractivity contribution in [2.75, 3.05) is 0 Å². The van der Waals surface area contributed by atoms with Crippen LogP contribution in [0, 0.1) is 5.82 Å². The molecule has 0 saturated heterocycles. The van der Waals surface area contributed by atoms with Crippen LogP contribution in [0.4, 0.5) is 8.78 Å².